The molecule has 4 bridgehead atoms. The molecule has 3 nitrogen and oxygen atoms in total. The summed E-state index contributed by atoms with van der Waals surface area (Å²) in [5.41, 5.74) is 1.40. The molecule has 5 rings (SSSR count). The molecule has 0 aliphatic heterocycles. The number of nitrogens with zero attached hydrogens (tertiary/aromatic N) is 2. The van der Waals surface area contributed by atoms with Crippen LogP contribution < -0.4 is 0 Å². The summed E-state index contributed by atoms with van der Waals surface area (Å²) < 4.78 is 1.97. The van der Waals surface area contributed by atoms with Crippen LogP contribution in [-0.4, -0.2) is 14.7 Å². The second kappa shape index (κ2) is 4.13. The van der Waals surface area contributed by atoms with Gasteiger partial charge in [-0.3, -0.25) is 0 Å². The molecule has 0 aromatic carbocycles. The highest BCUT2D eigenvalue weighted by molar-refractivity contribution is 5.11. The van der Waals surface area contributed by atoms with E-state index >= 15 is 0 Å². The summed E-state index contributed by atoms with van der Waals surface area (Å²) >= 11 is 0. The zero-order valence-electron chi connectivity index (χ0n) is 13.6. The monoisotopic (exact) mass is 288 g/mol. The first-order valence-corrected chi connectivity index (χ1v) is 8.46. The van der Waals surface area contributed by atoms with Gasteiger partial charge in [-0.15, -0.1) is 0 Å². The lowest BCUT2D eigenvalue weighted by Gasteiger charge is -2.66. The van der Waals surface area contributed by atoms with E-state index in [-0.39, 0.29) is 0 Å². The molecule has 3 unspecified atom stereocenters. The third-order valence-corrected chi connectivity index (χ3v) is 6.52. The van der Waals surface area contributed by atoms with Crippen molar-refractivity contribution in [3.8, 4) is 0 Å². The van der Waals surface area contributed by atoms with Crippen molar-refractivity contribution in [2.75, 3.05) is 0 Å². The second-order valence-corrected chi connectivity index (χ2v) is 9.25. The number of aliphatic hydroxyl groups is 1. The summed E-state index contributed by atoms with van der Waals surface area (Å²) in [7, 11) is 1.98. The van der Waals surface area contributed by atoms with Crippen LogP contribution in [0.3, 0.4) is 0 Å². The molecule has 21 heavy (non-hydrogen) atoms. The van der Waals surface area contributed by atoms with Crippen LogP contribution >= 0.6 is 0 Å². The molecular formula is C18H28N2O. The SMILES string of the molecule is Cn1ccnc1C(O)CC12CC3CC(C)(CC(C)(C3)C1)C2. The molecule has 0 radical (unpaired) electrons. The first-order chi connectivity index (χ1) is 9.81. The minimum Gasteiger partial charge on any atom is -0.385 e. The number of hydrogen-bond acceptors (Lipinski definition) is 2. The van der Waals surface area contributed by atoms with Gasteiger partial charge < -0.3 is 9.67 Å². The lowest BCUT2D eigenvalue weighted by molar-refractivity contribution is -0.157. The molecule has 3 atom stereocenters. The van der Waals surface area contributed by atoms with Gasteiger partial charge in [0.15, 0.2) is 0 Å². The molecule has 0 saturated heterocycles. The molecule has 0 amide bonds. The van der Waals surface area contributed by atoms with Gasteiger partial charge in [0, 0.05) is 19.4 Å². The number of aliphatic hydroxyl groups excluding tert-OH is 1. The molecule has 4 fully saturated rings. The van der Waals surface area contributed by atoms with Crippen LogP contribution in [0.15, 0.2) is 12.4 Å². The second-order valence-electron chi connectivity index (χ2n) is 9.25. The zero-order chi connectivity index (χ0) is 14.9. The fraction of sp³-hybridized carbons (Fsp3) is 0.833. The van der Waals surface area contributed by atoms with Crippen molar-refractivity contribution in [1.29, 1.82) is 0 Å². The normalized spacial score (nSPS) is 46.0. The number of rotatable bonds is 3. The summed E-state index contributed by atoms with van der Waals surface area (Å²) in [6, 6.07) is 0. The molecule has 1 aromatic heterocycles. The van der Waals surface area contributed by atoms with Crippen LogP contribution in [0.5, 0.6) is 0 Å². The Balaban J connectivity index is 1.61. The Kier molecular flexibility index (Phi) is 2.71. The van der Waals surface area contributed by atoms with Crippen LogP contribution in [0, 0.1) is 22.2 Å². The predicted octanol–water partition coefficient (Wildman–Crippen LogP) is 3.84. The van der Waals surface area contributed by atoms with Crippen LogP contribution in [0.1, 0.15) is 70.7 Å². The minimum atomic E-state index is -0.409. The first-order valence-electron chi connectivity index (χ1n) is 8.46. The van der Waals surface area contributed by atoms with Gasteiger partial charge in [-0.1, -0.05) is 13.8 Å². The summed E-state index contributed by atoms with van der Waals surface area (Å²) in [5.74, 6) is 1.73. The summed E-state index contributed by atoms with van der Waals surface area (Å²) in [6.45, 7) is 5.00. The Bertz CT molecular complexity index is 545. The molecule has 116 valence electrons. The van der Waals surface area contributed by atoms with E-state index in [1.165, 1.54) is 38.5 Å². The van der Waals surface area contributed by atoms with Gasteiger partial charge >= 0.3 is 0 Å². The van der Waals surface area contributed by atoms with Gasteiger partial charge in [-0.2, -0.15) is 0 Å². The standard InChI is InChI=1S/C18H28N2O/c1-16-6-13-7-17(2,10-16)12-18(8-13,11-16)9-14(21)15-19-4-5-20(15)3/h4-5,13-14,21H,6-12H2,1-3H3. The van der Waals surface area contributed by atoms with Gasteiger partial charge in [-0.25, -0.2) is 4.98 Å². The van der Waals surface area contributed by atoms with Crippen LogP contribution in [0.4, 0.5) is 0 Å². The number of imidazole rings is 1. The molecular weight excluding hydrogens is 260 g/mol. The highest BCUT2D eigenvalue weighted by Gasteiger charge is 2.60. The zero-order valence-corrected chi connectivity index (χ0v) is 13.6. The highest BCUT2D eigenvalue weighted by atomic mass is 16.3. The van der Waals surface area contributed by atoms with Gasteiger partial charge in [0.1, 0.15) is 11.9 Å². The van der Waals surface area contributed by atoms with Crippen molar-refractivity contribution in [1.82, 2.24) is 9.55 Å². The smallest absolute Gasteiger partial charge is 0.137 e. The first kappa shape index (κ1) is 13.8. The van der Waals surface area contributed by atoms with E-state index in [0.717, 1.165) is 18.2 Å². The fourth-order valence-electron chi connectivity index (χ4n) is 7.11. The van der Waals surface area contributed by atoms with Crippen LogP contribution in [0.2, 0.25) is 0 Å². The third kappa shape index (κ3) is 2.16. The lowest BCUT2D eigenvalue weighted by Crippen LogP contribution is -2.55. The fourth-order valence-corrected chi connectivity index (χ4v) is 7.11. The maximum atomic E-state index is 10.7. The number of aryl methyl sites for hydroxylation is 1. The maximum absolute atomic E-state index is 10.7. The van der Waals surface area contributed by atoms with E-state index in [9.17, 15) is 5.11 Å². The van der Waals surface area contributed by atoms with E-state index in [0.29, 0.717) is 16.2 Å². The van der Waals surface area contributed by atoms with Gasteiger partial charge in [0.2, 0.25) is 0 Å². The maximum Gasteiger partial charge on any atom is 0.137 e. The van der Waals surface area contributed by atoms with Crippen molar-refractivity contribution >= 4 is 0 Å². The number of aromatic nitrogens is 2. The van der Waals surface area contributed by atoms with Crippen molar-refractivity contribution in [2.24, 2.45) is 29.2 Å². The molecule has 4 aliphatic carbocycles. The molecule has 4 aliphatic rings. The quantitative estimate of drug-likeness (QED) is 0.917. The highest BCUT2D eigenvalue weighted by Crippen LogP contribution is 2.71. The van der Waals surface area contributed by atoms with E-state index in [1.807, 2.05) is 17.8 Å². The van der Waals surface area contributed by atoms with Gasteiger partial charge in [-0.05, 0) is 67.1 Å². The van der Waals surface area contributed by atoms with E-state index < -0.39 is 6.10 Å². The summed E-state index contributed by atoms with van der Waals surface area (Å²) in [4.78, 5) is 4.36. The summed E-state index contributed by atoms with van der Waals surface area (Å²) in [5, 5.41) is 10.7. The van der Waals surface area contributed by atoms with Crippen molar-refractivity contribution in [3.63, 3.8) is 0 Å². The van der Waals surface area contributed by atoms with Crippen LogP contribution in [0.25, 0.3) is 0 Å². The van der Waals surface area contributed by atoms with E-state index in [4.69, 9.17) is 0 Å². The molecule has 1 aromatic rings. The summed E-state index contributed by atoms with van der Waals surface area (Å²) in [6.07, 6.45) is 12.4. The molecule has 3 heteroatoms. The Morgan fingerprint density at radius 1 is 1.24 bits per heavy atom. The van der Waals surface area contributed by atoms with Crippen molar-refractivity contribution < 1.29 is 5.11 Å². The van der Waals surface area contributed by atoms with Gasteiger partial charge in [0.05, 0.1) is 0 Å². The van der Waals surface area contributed by atoms with Crippen molar-refractivity contribution in [3.05, 3.63) is 18.2 Å². The largest absolute Gasteiger partial charge is 0.385 e. The van der Waals surface area contributed by atoms with Crippen LogP contribution in [-0.2, 0) is 7.05 Å². The Hall–Kier alpha value is -0.830. The van der Waals surface area contributed by atoms with Gasteiger partial charge in [0.25, 0.3) is 0 Å². The van der Waals surface area contributed by atoms with E-state index in [2.05, 4.69) is 18.8 Å². The Labute approximate surface area is 127 Å². The molecule has 1 N–H and O–H groups in total. The predicted molar refractivity (Wildman–Crippen MR) is 82.6 cm³/mol. The van der Waals surface area contributed by atoms with E-state index in [1.54, 1.807) is 6.20 Å². The third-order valence-electron chi connectivity index (χ3n) is 6.52. The van der Waals surface area contributed by atoms with Crippen molar-refractivity contribution in [2.45, 2.75) is 64.9 Å². The Morgan fingerprint density at radius 2 is 1.90 bits per heavy atom. The average Bonchev–Trinajstić information content (AvgIpc) is 2.69. The lowest BCUT2D eigenvalue weighted by atomic mass is 9.39. The topological polar surface area (TPSA) is 38.0 Å². The minimum absolute atomic E-state index is 0.355. The molecule has 0 spiro atoms. The Morgan fingerprint density at radius 3 is 2.43 bits per heavy atom. The number of hydrogen-bond donors (Lipinski definition) is 1. The molecule has 1 heterocycles. The average molecular weight is 288 g/mol. The molecule has 4 saturated carbocycles.